The van der Waals surface area contributed by atoms with Gasteiger partial charge < -0.3 is 4.74 Å². The highest BCUT2D eigenvalue weighted by molar-refractivity contribution is 8.13. The minimum absolute atomic E-state index is 0.0374. The molecular weight excluding hydrogens is 345 g/mol. The van der Waals surface area contributed by atoms with Gasteiger partial charge in [0.05, 0.1) is 5.02 Å². The van der Waals surface area contributed by atoms with Crippen molar-refractivity contribution in [1.29, 1.82) is 0 Å². The second-order valence-corrected chi connectivity index (χ2v) is 7.01. The third-order valence-corrected chi connectivity index (χ3v) is 4.20. The maximum absolute atomic E-state index is 13.3. The Labute approximate surface area is 129 Å². The first-order valence-corrected chi connectivity index (χ1v) is 8.27. The lowest BCUT2D eigenvalue weighted by Gasteiger charge is -2.10. The Kier molecular flexibility index (Phi) is 4.70. The molecule has 0 spiro atoms. The highest BCUT2D eigenvalue weighted by Crippen LogP contribution is 2.28. The van der Waals surface area contributed by atoms with Gasteiger partial charge in [0.1, 0.15) is 28.9 Å². The van der Waals surface area contributed by atoms with Crippen LogP contribution in [0.15, 0.2) is 41.3 Å². The van der Waals surface area contributed by atoms with Gasteiger partial charge in [-0.05, 0) is 35.9 Å². The number of ether oxygens (including phenoxy) is 1. The number of hydrogen-bond donors (Lipinski definition) is 0. The van der Waals surface area contributed by atoms with Gasteiger partial charge in [-0.2, -0.15) is 0 Å². The summed E-state index contributed by atoms with van der Waals surface area (Å²) in [5.74, 6) is -1.51. The van der Waals surface area contributed by atoms with Crippen LogP contribution in [0.4, 0.5) is 8.78 Å². The van der Waals surface area contributed by atoms with Crippen LogP contribution in [0.5, 0.6) is 5.75 Å². The Morgan fingerprint density at radius 2 is 1.81 bits per heavy atom. The van der Waals surface area contributed by atoms with Gasteiger partial charge in [-0.3, -0.25) is 0 Å². The predicted octanol–water partition coefficient (Wildman–Crippen LogP) is 4.12. The van der Waals surface area contributed by atoms with Gasteiger partial charge in [0.25, 0.3) is 9.05 Å². The van der Waals surface area contributed by atoms with Crippen LogP contribution in [0.2, 0.25) is 5.02 Å². The van der Waals surface area contributed by atoms with Crippen molar-refractivity contribution in [3.05, 3.63) is 58.6 Å². The van der Waals surface area contributed by atoms with E-state index < -0.39 is 25.6 Å². The molecule has 8 heteroatoms. The van der Waals surface area contributed by atoms with Crippen molar-refractivity contribution in [1.82, 2.24) is 0 Å². The molecule has 2 aromatic rings. The van der Waals surface area contributed by atoms with Crippen LogP contribution < -0.4 is 4.74 Å². The molecule has 0 atom stereocenters. The molecule has 0 unspecified atom stereocenters. The van der Waals surface area contributed by atoms with E-state index in [2.05, 4.69) is 0 Å². The third-order valence-electron chi connectivity index (χ3n) is 2.55. The van der Waals surface area contributed by atoms with Gasteiger partial charge in [-0.15, -0.1) is 0 Å². The zero-order chi connectivity index (χ0) is 15.6. The normalized spacial score (nSPS) is 11.4. The molecule has 0 aliphatic heterocycles. The molecule has 2 aromatic carbocycles. The molecule has 0 saturated carbocycles. The zero-order valence-corrected chi connectivity index (χ0v) is 12.6. The molecule has 0 aromatic heterocycles. The SMILES string of the molecule is O=S(=O)(Cl)c1cc(F)ccc1OCc1ccc(Cl)c(F)c1. The molecule has 0 bridgehead atoms. The highest BCUT2D eigenvalue weighted by Gasteiger charge is 2.18. The predicted molar refractivity (Wildman–Crippen MR) is 75.2 cm³/mol. The van der Waals surface area contributed by atoms with Gasteiger partial charge in [0.15, 0.2) is 0 Å². The molecule has 21 heavy (non-hydrogen) atoms. The summed E-state index contributed by atoms with van der Waals surface area (Å²) in [5.41, 5.74) is 0.430. The van der Waals surface area contributed by atoms with Crippen molar-refractivity contribution < 1.29 is 21.9 Å². The van der Waals surface area contributed by atoms with Gasteiger partial charge in [-0.25, -0.2) is 17.2 Å². The first kappa shape index (κ1) is 16.0. The van der Waals surface area contributed by atoms with Gasteiger partial charge >= 0.3 is 0 Å². The van der Waals surface area contributed by atoms with E-state index in [0.29, 0.717) is 5.56 Å². The topological polar surface area (TPSA) is 43.4 Å². The minimum atomic E-state index is -4.16. The molecular formula is C13H8Cl2F2O3S. The fourth-order valence-electron chi connectivity index (χ4n) is 1.58. The van der Waals surface area contributed by atoms with Crippen LogP contribution in [0.1, 0.15) is 5.56 Å². The molecule has 0 aliphatic rings. The van der Waals surface area contributed by atoms with Gasteiger partial charge in [-0.1, -0.05) is 17.7 Å². The quantitative estimate of drug-likeness (QED) is 0.777. The fraction of sp³-hybridized carbons (Fsp3) is 0.0769. The second kappa shape index (κ2) is 6.17. The zero-order valence-electron chi connectivity index (χ0n) is 10.3. The fourth-order valence-corrected chi connectivity index (χ4v) is 2.68. The number of hydrogen-bond acceptors (Lipinski definition) is 3. The summed E-state index contributed by atoms with van der Waals surface area (Å²) in [6, 6.07) is 6.93. The summed E-state index contributed by atoms with van der Waals surface area (Å²) in [6.07, 6.45) is 0. The molecule has 2 rings (SSSR count). The highest BCUT2D eigenvalue weighted by atomic mass is 35.7. The van der Waals surface area contributed by atoms with Gasteiger partial charge in [0.2, 0.25) is 0 Å². The Bertz CT molecular complexity index is 779. The summed E-state index contributed by atoms with van der Waals surface area (Å²) in [4.78, 5) is -0.487. The summed E-state index contributed by atoms with van der Waals surface area (Å²) in [5, 5.41) is -0.0374. The van der Waals surface area contributed by atoms with Crippen LogP contribution in [0, 0.1) is 11.6 Å². The van der Waals surface area contributed by atoms with Crippen molar-refractivity contribution >= 4 is 31.3 Å². The summed E-state index contributed by atoms with van der Waals surface area (Å²) >= 11 is 5.55. The van der Waals surface area contributed by atoms with Gasteiger partial charge in [0, 0.05) is 10.7 Å². The Hall–Kier alpha value is -1.37. The Morgan fingerprint density at radius 1 is 1.10 bits per heavy atom. The van der Waals surface area contributed by atoms with Crippen molar-refractivity contribution in [3.63, 3.8) is 0 Å². The molecule has 3 nitrogen and oxygen atoms in total. The lowest BCUT2D eigenvalue weighted by Crippen LogP contribution is -2.01. The first-order chi connectivity index (χ1) is 9.77. The van der Waals surface area contributed by atoms with Crippen LogP contribution in [-0.4, -0.2) is 8.42 Å². The molecule has 0 saturated heterocycles. The lowest BCUT2D eigenvalue weighted by molar-refractivity contribution is 0.297. The van der Waals surface area contributed by atoms with E-state index in [0.717, 1.165) is 24.3 Å². The van der Waals surface area contributed by atoms with Crippen molar-refractivity contribution in [2.75, 3.05) is 0 Å². The number of halogens is 4. The maximum atomic E-state index is 13.3. The average Bonchev–Trinajstić information content (AvgIpc) is 2.40. The summed E-state index contributed by atoms with van der Waals surface area (Å²) < 4.78 is 54.3. The molecule has 0 radical (unpaired) electrons. The van der Waals surface area contributed by atoms with Crippen LogP contribution in [-0.2, 0) is 15.7 Å². The van der Waals surface area contributed by atoms with Crippen LogP contribution in [0.25, 0.3) is 0 Å². The summed E-state index contributed by atoms with van der Waals surface area (Å²) in [6.45, 7) is -0.126. The first-order valence-electron chi connectivity index (χ1n) is 5.58. The molecule has 112 valence electrons. The van der Waals surface area contributed by atoms with E-state index in [1.807, 2.05) is 0 Å². The number of benzene rings is 2. The van der Waals surface area contributed by atoms with E-state index >= 15 is 0 Å². The smallest absolute Gasteiger partial charge is 0.265 e. The monoisotopic (exact) mass is 352 g/mol. The molecule has 0 amide bonds. The molecule has 0 heterocycles. The average molecular weight is 353 g/mol. The lowest BCUT2D eigenvalue weighted by atomic mass is 10.2. The largest absolute Gasteiger partial charge is 0.487 e. The van der Waals surface area contributed by atoms with Crippen LogP contribution >= 0.6 is 22.3 Å². The van der Waals surface area contributed by atoms with Crippen molar-refractivity contribution in [2.45, 2.75) is 11.5 Å². The second-order valence-electron chi connectivity index (χ2n) is 4.07. The Morgan fingerprint density at radius 3 is 2.43 bits per heavy atom. The van der Waals surface area contributed by atoms with E-state index in [1.165, 1.54) is 12.1 Å². The Balaban J connectivity index is 2.26. The van der Waals surface area contributed by atoms with Crippen LogP contribution in [0.3, 0.4) is 0 Å². The van der Waals surface area contributed by atoms with Crippen molar-refractivity contribution in [2.24, 2.45) is 0 Å². The van der Waals surface area contributed by atoms with Crippen molar-refractivity contribution in [3.8, 4) is 5.75 Å². The third kappa shape index (κ3) is 4.06. The van der Waals surface area contributed by atoms with E-state index in [9.17, 15) is 17.2 Å². The van der Waals surface area contributed by atoms with E-state index in [1.54, 1.807) is 0 Å². The minimum Gasteiger partial charge on any atom is -0.487 e. The number of rotatable bonds is 4. The molecule has 0 N–H and O–H groups in total. The van der Waals surface area contributed by atoms with E-state index in [-0.39, 0.29) is 17.4 Å². The molecule has 0 fully saturated rings. The maximum Gasteiger partial charge on any atom is 0.265 e. The summed E-state index contributed by atoms with van der Waals surface area (Å²) in [7, 11) is 1.05. The van der Waals surface area contributed by atoms with E-state index in [4.69, 9.17) is 27.0 Å². The molecule has 0 aliphatic carbocycles. The standard InChI is InChI=1S/C13H8Cl2F2O3S/c14-10-3-1-8(5-11(10)17)7-20-12-4-2-9(16)6-13(12)21(15,18)19/h1-6H,7H2.